The third-order valence-corrected chi connectivity index (χ3v) is 1.48. The van der Waals surface area contributed by atoms with E-state index in [1.165, 1.54) is 0 Å². The summed E-state index contributed by atoms with van der Waals surface area (Å²) < 4.78 is 0. The highest BCUT2D eigenvalue weighted by Crippen LogP contribution is 2.16. The van der Waals surface area contributed by atoms with Crippen molar-refractivity contribution in [1.82, 2.24) is 0 Å². The molecule has 0 aromatic heterocycles. The molecule has 1 rings (SSSR count). The lowest BCUT2D eigenvalue weighted by Gasteiger charge is -1.97. The predicted molar refractivity (Wildman–Crippen MR) is 31.4 cm³/mol. The predicted octanol–water partition coefficient (Wildman–Crippen LogP) is 0.233. The van der Waals surface area contributed by atoms with E-state index in [0.717, 1.165) is 12.0 Å². The molecule has 0 heterocycles. The van der Waals surface area contributed by atoms with Crippen molar-refractivity contribution in [2.24, 2.45) is 5.73 Å². The topological polar surface area (TPSA) is 43.1 Å². The lowest BCUT2D eigenvalue weighted by atomic mass is 10.2. The number of ketones is 1. The molecule has 0 aromatic carbocycles. The van der Waals surface area contributed by atoms with Crippen molar-refractivity contribution in [2.45, 2.75) is 18.9 Å². The van der Waals surface area contributed by atoms with E-state index in [2.05, 4.69) is 6.58 Å². The molecule has 0 amide bonds. The Morgan fingerprint density at radius 2 is 2.25 bits per heavy atom. The second kappa shape index (κ2) is 1.71. The van der Waals surface area contributed by atoms with E-state index in [1.807, 2.05) is 0 Å². The van der Waals surface area contributed by atoms with E-state index < -0.39 is 0 Å². The Morgan fingerprint density at radius 1 is 1.62 bits per heavy atom. The minimum atomic E-state index is -0.352. The van der Waals surface area contributed by atoms with Crippen molar-refractivity contribution >= 4 is 5.78 Å². The fourth-order valence-corrected chi connectivity index (χ4v) is 0.822. The SMILES string of the molecule is C=C1CCC(=O)C1N. The summed E-state index contributed by atoms with van der Waals surface area (Å²) in [4.78, 5) is 10.6. The van der Waals surface area contributed by atoms with Gasteiger partial charge in [0.2, 0.25) is 0 Å². The first-order valence-corrected chi connectivity index (χ1v) is 2.68. The lowest BCUT2D eigenvalue weighted by Crippen LogP contribution is -2.25. The Balaban J connectivity index is 2.70. The summed E-state index contributed by atoms with van der Waals surface area (Å²) in [5.74, 6) is 0.134. The monoisotopic (exact) mass is 111 g/mol. The van der Waals surface area contributed by atoms with Crippen LogP contribution in [-0.2, 0) is 4.79 Å². The number of rotatable bonds is 0. The maximum Gasteiger partial charge on any atom is 0.154 e. The highest BCUT2D eigenvalue weighted by Gasteiger charge is 2.23. The average Bonchev–Trinajstić information content (AvgIpc) is 1.98. The highest BCUT2D eigenvalue weighted by atomic mass is 16.1. The van der Waals surface area contributed by atoms with E-state index in [1.54, 1.807) is 0 Å². The van der Waals surface area contributed by atoms with Crippen LogP contribution >= 0.6 is 0 Å². The largest absolute Gasteiger partial charge is 0.318 e. The molecule has 1 unspecified atom stereocenters. The second-order valence-corrected chi connectivity index (χ2v) is 2.10. The van der Waals surface area contributed by atoms with Crippen LogP contribution in [0.5, 0.6) is 0 Å². The van der Waals surface area contributed by atoms with Gasteiger partial charge in [-0.05, 0) is 6.42 Å². The molecular weight excluding hydrogens is 102 g/mol. The van der Waals surface area contributed by atoms with Crippen molar-refractivity contribution in [3.05, 3.63) is 12.2 Å². The van der Waals surface area contributed by atoms with Gasteiger partial charge in [0.25, 0.3) is 0 Å². The summed E-state index contributed by atoms with van der Waals surface area (Å²) in [5, 5.41) is 0. The maximum absolute atomic E-state index is 10.6. The normalized spacial score (nSPS) is 29.4. The van der Waals surface area contributed by atoms with Crippen LogP contribution < -0.4 is 5.73 Å². The van der Waals surface area contributed by atoms with Crippen LogP contribution in [0.15, 0.2) is 12.2 Å². The molecule has 0 saturated heterocycles. The van der Waals surface area contributed by atoms with E-state index in [9.17, 15) is 4.79 Å². The van der Waals surface area contributed by atoms with Crippen molar-refractivity contribution in [2.75, 3.05) is 0 Å². The molecule has 0 aliphatic heterocycles. The first-order valence-electron chi connectivity index (χ1n) is 2.68. The summed E-state index contributed by atoms with van der Waals surface area (Å²) in [7, 11) is 0. The third kappa shape index (κ3) is 0.670. The molecule has 1 atom stereocenters. The van der Waals surface area contributed by atoms with E-state index in [0.29, 0.717) is 6.42 Å². The van der Waals surface area contributed by atoms with Gasteiger partial charge in [-0.25, -0.2) is 0 Å². The first kappa shape index (κ1) is 5.51. The maximum atomic E-state index is 10.6. The van der Waals surface area contributed by atoms with Gasteiger partial charge in [0.15, 0.2) is 5.78 Å². The zero-order valence-electron chi connectivity index (χ0n) is 4.68. The first-order chi connectivity index (χ1) is 3.72. The summed E-state index contributed by atoms with van der Waals surface area (Å²) in [6.07, 6.45) is 1.39. The van der Waals surface area contributed by atoms with Crippen LogP contribution in [0, 0.1) is 0 Å². The molecule has 2 nitrogen and oxygen atoms in total. The summed E-state index contributed by atoms with van der Waals surface area (Å²) in [6, 6.07) is -0.352. The van der Waals surface area contributed by atoms with Crippen LogP contribution in [0.4, 0.5) is 0 Å². The van der Waals surface area contributed by atoms with Crippen molar-refractivity contribution < 1.29 is 4.79 Å². The molecule has 0 aromatic rings. The minimum Gasteiger partial charge on any atom is -0.318 e. The molecule has 2 N–H and O–H groups in total. The van der Waals surface area contributed by atoms with Gasteiger partial charge < -0.3 is 5.73 Å². The molecular formula is C6H9NO. The number of Topliss-reactive ketones (excluding diaryl/α,β-unsaturated/α-hetero) is 1. The molecule has 0 bridgehead atoms. The number of carbonyl (C=O) groups excluding carboxylic acids is 1. The smallest absolute Gasteiger partial charge is 0.154 e. The molecule has 0 radical (unpaired) electrons. The van der Waals surface area contributed by atoms with Gasteiger partial charge in [0, 0.05) is 6.42 Å². The Morgan fingerprint density at radius 3 is 2.38 bits per heavy atom. The molecule has 1 aliphatic rings. The van der Waals surface area contributed by atoms with Gasteiger partial charge in [-0.15, -0.1) is 0 Å². The van der Waals surface area contributed by atoms with Gasteiger partial charge in [0.1, 0.15) is 0 Å². The molecule has 1 aliphatic carbocycles. The minimum absolute atomic E-state index is 0.134. The zero-order valence-corrected chi connectivity index (χ0v) is 4.68. The Hall–Kier alpha value is -0.630. The summed E-state index contributed by atoms with van der Waals surface area (Å²) in [6.45, 7) is 3.64. The quantitative estimate of drug-likeness (QED) is 0.455. The molecule has 1 saturated carbocycles. The Kier molecular flexibility index (Phi) is 1.18. The van der Waals surface area contributed by atoms with Gasteiger partial charge in [-0.3, -0.25) is 4.79 Å². The van der Waals surface area contributed by atoms with Crippen LogP contribution in [-0.4, -0.2) is 11.8 Å². The number of nitrogens with two attached hydrogens (primary N) is 1. The molecule has 44 valence electrons. The fraction of sp³-hybridized carbons (Fsp3) is 0.500. The third-order valence-electron chi connectivity index (χ3n) is 1.48. The van der Waals surface area contributed by atoms with Crippen LogP contribution in [0.3, 0.4) is 0 Å². The van der Waals surface area contributed by atoms with Gasteiger partial charge >= 0.3 is 0 Å². The van der Waals surface area contributed by atoms with Crippen molar-refractivity contribution in [3.8, 4) is 0 Å². The van der Waals surface area contributed by atoms with Gasteiger partial charge in [-0.2, -0.15) is 0 Å². The Bertz CT molecular complexity index is 123. The fourth-order valence-electron chi connectivity index (χ4n) is 0.822. The molecule has 1 fully saturated rings. The average molecular weight is 111 g/mol. The van der Waals surface area contributed by atoms with Crippen molar-refractivity contribution in [1.29, 1.82) is 0 Å². The zero-order chi connectivity index (χ0) is 6.15. The molecule has 0 spiro atoms. The standard InChI is InChI=1S/C6H9NO/c1-4-2-3-5(8)6(4)7/h6H,1-3,7H2. The summed E-state index contributed by atoms with van der Waals surface area (Å²) in [5.41, 5.74) is 6.26. The second-order valence-electron chi connectivity index (χ2n) is 2.10. The van der Waals surface area contributed by atoms with Gasteiger partial charge in [0.05, 0.1) is 6.04 Å². The van der Waals surface area contributed by atoms with Crippen LogP contribution in [0.2, 0.25) is 0 Å². The number of hydrogen-bond donors (Lipinski definition) is 1. The van der Waals surface area contributed by atoms with E-state index in [-0.39, 0.29) is 11.8 Å². The Labute approximate surface area is 48.4 Å². The van der Waals surface area contributed by atoms with E-state index >= 15 is 0 Å². The van der Waals surface area contributed by atoms with E-state index in [4.69, 9.17) is 5.73 Å². The van der Waals surface area contributed by atoms with Crippen LogP contribution in [0.1, 0.15) is 12.8 Å². The van der Waals surface area contributed by atoms with Gasteiger partial charge in [-0.1, -0.05) is 12.2 Å². The van der Waals surface area contributed by atoms with Crippen LogP contribution in [0.25, 0.3) is 0 Å². The lowest BCUT2D eigenvalue weighted by molar-refractivity contribution is -0.118. The van der Waals surface area contributed by atoms with Crippen molar-refractivity contribution in [3.63, 3.8) is 0 Å². The number of hydrogen-bond acceptors (Lipinski definition) is 2. The molecule has 2 heteroatoms. The summed E-state index contributed by atoms with van der Waals surface area (Å²) >= 11 is 0. The molecule has 8 heavy (non-hydrogen) atoms. The highest BCUT2D eigenvalue weighted by molar-refractivity contribution is 5.89. The number of carbonyl (C=O) groups is 1.